The molecule has 0 aliphatic heterocycles. The van der Waals surface area contributed by atoms with E-state index in [1.807, 2.05) is 19.1 Å². The number of aromatic nitrogens is 2. The largest absolute Gasteiger partial charge is 0.364 e. The summed E-state index contributed by atoms with van der Waals surface area (Å²) in [5.41, 5.74) is 0. The topological polar surface area (TPSA) is 37.8 Å². The van der Waals surface area contributed by atoms with Gasteiger partial charge in [-0.2, -0.15) is 0 Å². The third-order valence-corrected chi connectivity index (χ3v) is 2.79. The lowest BCUT2D eigenvalue weighted by atomic mass is 10.3. The molecule has 3 nitrogen and oxygen atoms in total. The summed E-state index contributed by atoms with van der Waals surface area (Å²) in [5.74, 6) is 2.39. The van der Waals surface area contributed by atoms with E-state index in [1.54, 1.807) is 0 Å². The molecule has 0 aromatic carbocycles. The van der Waals surface area contributed by atoms with E-state index in [0.29, 0.717) is 5.92 Å². The summed E-state index contributed by atoms with van der Waals surface area (Å²) in [4.78, 5) is 8.85. The number of rotatable bonds is 4. The normalized spacial score (nSPS) is 17.2. The van der Waals surface area contributed by atoms with Gasteiger partial charge < -0.3 is 5.32 Å². The van der Waals surface area contributed by atoms with Crippen LogP contribution in [0.4, 0.5) is 5.82 Å². The van der Waals surface area contributed by atoms with Crippen LogP contribution in [-0.4, -0.2) is 16.0 Å². The fraction of sp³-hybridized carbons (Fsp3) is 0.455. The molecule has 1 fully saturated rings. The van der Waals surface area contributed by atoms with Crippen molar-refractivity contribution in [2.45, 2.75) is 31.7 Å². The second-order valence-corrected chi connectivity index (χ2v) is 4.69. The summed E-state index contributed by atoms with van der Waals surface area (Å²) in [7, 11) is 0. The minimum absolute atomic E-state index is 0.221. The Morgan fingerprint density at radius 2 is 2.33 bits per heavy atom. The van der Waals surface area contributed by atoms with Crippen molar-refractivity contribution in [2.24, 2.45) is 0 Å². The summed E-state index contributed by atoms with van der Waals surface area (Å²) >= 11 is 3.40. The summed E-state index contributed by atoms with van der Waals surface area (Å²) in [6.45, 7) is 5.77. The Labute approximate surface area is 98.1 Å². The predicted octanol–water partition coefficient (Wildman–Crippen LogP) is 3.10. The molecule has 2 rings (SSSR count). The zero-order valence-corrected chi connectivity index (χ0v) is 10.3. The van der Waals surface area contributed by atoms with Crippen molar-refractivity contribution in [3.8, 4) is 0 Å². The van der Waals surface area contributed by atoms with Crippen LogP contribution in [0.15, 0.2) is 23.3 Å². The fourth-order valence-corrected chi connectivity index (χ4v) is 1.72. The second-order valence-electron chi connectivity index (χ2n) is 3.88. The van der Waals surface area contributed by atoms with Gasteiger partial charge in [-0.15, -0.1) is 6.58 Å². The Morgan fingerprint density at radius 3 is 2.93 bits per heavy atom. The number of hydrogen-bond donors (Lipinski definition) is 1. The predicted molar refractivity (Wildman–Crippen MR) is 65.0 cm³/mol. The highest BCUT2D eigenvalue weighted by molar-refractivity contribution is 9.10. The first-order valence-corrected chi connectivity index (χ1v) is 5.92. The van der Waals surface area contributed by atoms with E-state index < -0.39 is 0 Å². The first-order chi connectivity index (χ1) is 7.19. The molecule has 0 saturated heterocycles. The van der Waals surface area contributed by atoms with Crippen molar-refractivity contribution < 1.29 is 0 Å². The molecule has 4 heteroatoms. The molecular formula is C11H14BrN3. The van der Waals surface area contributed by atoms with Gasteiger partial charge in [0, 0.05) is 18.0 Å². The summed E-state index contributed by atoms with van der Waals surface area (Å²) < 4.78 is 0.846. The third-order valence-electron chi connectivity index (χ3n) is 2.38. The molecule has 1 aliphatic carbocycles. The maximum atomic E-state index is 4.48. The van der Waals surface area contributed by atoms with Gasteiger partial charge >= 0.3 is 0 Å². The smallest absolute Gasteiger partial charge is 0.135 e. The van der Waals surface area contributed by atoms with Crippen LogP contribution in [0.25, 0.3) is 0 Å². The maximum Gasteiger partial charge on any atom is 0.135 e. The molecule has 1 N–H and O–H groups in total. The van der Waals surface area contributed by atoms with Crippen LogP contribution in [0, 0.1) is 0 Å². The van der Waals surface area contributed by atoms with Gasteiger partial charge in [-0.05, 0) is 35.7 Å². The highest BCUT2D eigenvalue weighted by atomic mass is 79.9. The molecule has 1 aromatic heterocycles. The summed E-state index contributed by atoms with van der Waals surface area (Å²) in [5, 5.41) is 3.26. The third kappa shape index (κ3) is 2.78. The number of nitrogens with zero attached hydrogens (tertiary/aromatic N) is 2. The van der Waals surface area contributed by atoms with Crippen molar-refractivity contribution >= 4 is 21.7 Å². The lowest BCUT2D eigenvalue weighted by molar-refractivity contribution is 0.896. The Kier molecular flexibility index (Phi) is 3.05. The van der Waals surface area contributed by atoms with E-state index in [4.69, 9.17) is 0 Å². The molecule has 0 amide bonds. The van der Waals surface area contributed by atoms with E-state index in [2.05, 4.69) is 37.8 Å². The molecule has 0 radical (unpaired) electrons. The molecule has 1 heterocycles. The molecule has 80 valence electrons. The van der Waals surface area contributed by atoms with Crippen LogP contribution in [0.1, 0.15) is 31.5 Å². The van der Waals surface area contributed by atoms with Crippen molar-refractivity contribution in [3.05, 3.63) is 29.1 Å². The summed E-state index contributed by atoms with van der Waals surface area (Å²) in [6.07, 6.45) is 4.28. The average molecular weight is 268 g/mol. The standard InChI is InChI=1S/C11H14BrN3/c1-3-7(2)13-10-6-9(12)14-11(15-10)8-4-5-8/h3,6-8H,1,4-5H2,2H3,(H,13,14,15). The minimum atomic E-state index is 0.221. The molecule has 1 aromatic rings. The van der Waals surface area contributed by atoms with E-state index in [0.717, 1.165) is 16.2 Å². The number of hydrogen-bond acceptors (Lipinski definition) is 3. The molecule has 1 saturated carbocycles. The van der Waals surface area contributed by atoms with E-state index in [1.165, 1.54) is 12.8 Å². The van der Waals surface area contributed by atoms with Crippen LogP contribution in [0.3, 0.4) is 0 Å². The van der Waals surface area contributed by atoms with Crippen molar-refractivity contribution in [3.63, 3.8) is 0 Å². The van der Waals surface area contributed by atoms with Gasteiger partial charge in [-0.1, -0.05) is 6.08 Å². The van der Waals surface area contributed by atoms with Gasteiger partial charge in [0.2, 0.25) is 0 Å². The van der Waals surface area contributed by atoms with Crippen molar-refractivity contribution in [1.29, 1.82) is 0 Å². The highest BCUT2D eigenvalue weighted by Gasteiger charge is 2.27. The SMILES string of the molecule is C=CC(C)Nc1cc(Br)nc(C2CC2)n1. The Hall–Kier alpha value is -0.900. The molecule has 0 spiro atoms. The molecule has 1 aliphatic rings. The molecule has 0 bridgehead atoms. The fourth-order valence-electron chi connectivity index (χ4n) is 1.33. The lowest BCUT2D eigenvalue weighted by Gasteiger charge is -2.10. The van der Waals surface area contributed by atoms with Gasteiger partial charge in [0.1, 0.15) is 16.2 Å². The molecular weight excluding hydrogens is 254 g/mol. The van der Waals surface area contributed by atoms with Crippen molar-refractivity contribution in [2.75, 3.05) is 5.32 Å². The first kappa shape index (κ1) is 10.6. The average Bonchev–Trinajstić information content (AvgIpc) is 2.99. The van der Waals surface area contributed by atoms with Gasteiger partial charge in [0.05, 0.1) is 0 Å². The van der Waals surface area contributed by atoms with E-state index in [9.17, 15) is 0 Å². The summed E-state index contributed by atoms with van der Waals surface area (Å²) in [6, 6.07) is 2.12. The Bertz CT molecular complexity index is 374. The minimum Gasteiger partial charge on any atom is -0.364 e. The highest BCUT2D eigenvalue weighted by Crippen LogP contribution is 2.38. The zero-order valence-electron chi connectivity index (χ0n) is 8.70. The number of nitrogens with one attached hydrogen (secondary N) is 1. The van der Waals surface area contributed by atoms with Gasteiger partial charge in [0.25, 0.3) is 0 Å². The van der Waals surface area contributed by atoms with Gasteiger partial charge in [-0.3, -0.25) is 0 Å². The van der Waals surface area contributed by atoms with Crippen LogP contribution >= 0.6 is 15.9 Å². The maximum absolute atomic E-state index is 4.48. The quantitative estimate of drug-likeness (QED) is 0.673. The van der Waals surface area contributed by atoms with Gasteiger partial charge in [-0.25, -0.2) is 9.97 Å². The molecule has 1 unspecified atom stereocenters. The lowest BCUT2D eigenvalue weighted by Crippen LogP contribution is -2.13. The zero-order chi connectivity index (χ0) is 10.8. The molecule has 15 heavy (non-hydrogen) atoms. The van der Waals surface area contributed by atoms with E-state index >= 15 is 0 Å². The monoisotopic (exact) mass is 267 g/mol. The number of anilines is 1. The van der Waals surface area contributed by atoms with Crippen LogP contribution in [0.5, 0.6) is 0 Å². The van der Waals surface area contributed by atoms with Crippen LogP contribution in [-0.2, 0) is 0 Å². The first-order valence-electron chi connectivity index (χ1n) is 5.12. The van der Waals surface area contributed by atoms with Crippen LogP contribution in [0.2, 0.25) is 0 Å². The van der Waals surface area contributed by atoms with Gasteiger partial charge in [0.15, 0.2) is 0 Å². The van der Waals surface area contributed by atoms with Crippen LogP contribution < -0.4 is 5.32 Å². The number of halogens is 1. The van der Waals surface area contributed by atoms with Crippen molar-refractivity contribution in [1.82, 2.24) is 9.97 Å². The second kappa shape index (κ2) is 4.31. The Balaban J connectivity index is 2.19. The van der Waals surface area contributed by atoms with E-state index in [-0.39, 0.29) is 6.04 Å². The molecule has 1 atom stereocenters. The Morgan fingerprint density at radius 1 is 1.60 bits per heavy atom.